The van der Waals surface area contributed by atoms with Gasteiger partial charge in [0, 0.05) is 34.6 Å². The van der Waals surface area contributed by atoms with Crippen LogP contribution < -0.4 is 5.32 Å². The maximum atomic E-state index is 14.2. The summed E-state index contributed by atoms with van der Waals surface area (Å²) >= 11 is 0. The van der Waals surface area contributed by atoms with E-state index in [-0.39, 0.29) is 18.1 Å². The van der Waals surface area contributed by atoms with Crippen LogP contribution in [0.4, 0.5) is 4.39 Å². The highest BCUT2D eigenvalue weighted by molar-refractivity contribution is 5.98. The smallest absolute Gasteiger partial charge is 0.352 e. The van der Waals surface area contributed by atoms with Gasteiger partial charge < -0.3 is 15.0 Å². The third-order valence-corrected chi connectivity index (χ3v) is 5.49. The number of hydrogen-bond acceptors (Lipinski definition) is 2. The van der Waals surface area contributed by atoms with Crippen LogP contribution >= 0.6 is 0 Å². The second kappa shape index (κ2) is 7.53. The number of nitrogens with zero attached hydrogens (tertiary/aromatic N) is 1. The van der Waals surface area contributed by atoms with Crippen molar-refractivity contribution in [3.63, 3.8) is 0 Å². The molecule has 27 heavy (non-hydrogen) atoms. The van der Waals surface area contributed by atoms with E-state index < -0.39 is 5.97 Å². The van der Waals surface area contributed by atoms with Gasteiger partial charge in [0.15, 0.2) is 0 Å². The first-order chi connectivity index (χ1) is 13.1. The van der Waals surface area contributed by atoms with Crippen LogP contribution in [0.5, 0.6) is 0 Å². The summed E-state index contributed by atoms with van der Waals surface area (Å²) in [6.07, 6.45) is 4.71. The van der Waals surface area contributed by atoms with Crippen molar-refractivity contribution in [2.24, 2.45) is 0 Å². The molecule has 0 amide bonds. The number of nitrogens with one attached hydrogen (secondary N) is 1. The lowest BCUT2D eigenvalue weighted by molar-refractivity contribution is 0.0684. The number of aromatic carboxylic acids is 1. The molecule has 1 aliphatic rings. The number of hydrogen-bond donors (Lipinski definition) is 2. The Labute approximate surface area is 157 Å². The molecule has 0 atom stereocenters. The monoisotopic (exact) mass is 366 g/mol. The fraction of sp³-hybridized carbons (Fsp3) is 0.318. The average Bonchev–Trinajstić information content (AvgIpc) is 3.28. The number of carboxylic acids is 1. The molecule has 1 aromatic heterocycles. The summed E-state index contributed by atoms with van der Waals surface area (Å²) in [6, 6.07) is 14.6. The largest absolute Gasteiger partial charge is 0.477 e. The van der Waals surface area contributed by atoms with E-state index in [0.717, 1.165) is 29.3 Å². The molecule has 2 aromatic carbocycles. The van der Waals surface area contributed by atoms with Gasteiger partial charge in [0.1, 0.15) is 11.5 Å². The van der Waals surface area contributed by atoms with Crippen molar-refractivity contribution in [2.45, 2.75) is 44.8 Å². The lowest BCUT2D eigenvalue weighted by Gasteiger charge is -2.13. The van der Waals surface area contributed by atoms with Gasteiger partial charge >= 0.3 is 5.97 Å². The lowest BCUT2D eigenvalue weighted by Crippen LogP contribution is -2.26. The molecule has 0 aliphatic heterocycles. The van der Waals surface area contributed by atoms with Crippen molar-refractivity contribution >= 4 is 16.9 Å². The standard InChI is InChI=1S/C22H23FN2O2/c23-19-11-5-1-7-15(19)14-25-20-12-6-4-10-17(20)18(21(25)22(26)27)13-24-16-8-2-3-9-16/h1,4-7,10-12,16,24H,2-3,8-9,13-14H2,(H,26,27). The topological polar surface area (TPSA) is 54.3 Å². The van der Waals surface area contributed by atoms with Gasteiger partial charge in [-0.2, -0.15) is 0 Å². The molecule has 0 bridgehead atoms. The first-order valence-electron chi connectivity index (χ1n) is 9.45. The van der Waals surface area contributed by atoms with Gasteiger partial charge in [-0.15, -0.1) is 0 Å². The Hall–Kier alpha value is -2.66. The number of aromatic nitrogens is 1. The van der Waals surface area contributed by atoms with Crippen LogP contribution in [0.25, 0.3) is 10.9 Å². The van der Waals surface area contributed by atoms with Gasteiger partial charge in [0.05, 0.1) is 6.54 Å². The highest BCUT2D eigenvalue weighted by Gasteiger charge is 2.24. The maximum Gasteiger partial charge on any atom is 0.352 e. The van der Waals surface area contributed by atoms with E-state index in [2.05, 4.69) is 5.32 Å². The Morgan fingerprint density at radius 1 is 1.11 bits per heavy atom. The number of carbonyl (C=O) groups is 1. The number of halogens is 1. The highest BCUT2D eigenvalue weighted by atomic mass is 19.1. The Kier molecular flexibility index (Phi) is 4.94. The van der Waals surface area contributed by atoms with Crippen LogP contribution in [-0.4, -0.2) is 21.7 Å². The number of para-hydroxylation sites is 1. The molecule has 1 heterocycles. The minimum absolute atomic E-state index is 0.193. The number of fused-ring (bicyclic) bond motifs is 1. The molecule has 1 saturated carbocycles. The quantitative estimate of drug-likeness (QED) is 0.672. The zero-order chi connectivity index (χ0) is 18.8. The number of carboxylic acid groups (broad SMARTS) is 1. The summed E-state index contributed by atoms with van der Waals surface area (Å²) in [5.41, 5.74) is 2.32. The summed E-state index contributed by atoms with van der Waals surface area (Å²) in [6.45, 7) is 0.704. The number of rotatable bonds is 6. The highest BCUT2D eigenvalue weighted by Crippen LogP contribution is 2.29. The Balaban J connectivity index is 1.78. The normalized spacial score (nSPS) is 14.9. The van der Waals surface area contributed by atoms with Gasteiger partial charge in [0.2, 0.25) is 0 Å². The summed E-state index contributed by atoms with van der Waals surface area (Å²) in [4.78, 5) is 12.1. The second-order valence-corrected chi connectivity index (χ2v) is 7.19. The van der Waals surface area contributed by atoms with Crippen LogP contribution in [0.3, 0.4) is 0 Å². The van der Waals surface area contributed by atoms with E-state index in [0.29, 0.717) is 18.2 Å². The van der Waals surface area contributed by atoms with Gasteiger partial charge in [-0.05, 0) is 25.0 Å². The first-order valence-corrected chi connectivity index (χ1v) is 9.45. The molecule has 0 radical (unpaired) electrons. The minimum Gasteiger partial charge on any atom is -0.477 e. The van der Waals surface area contributed by atoms with E-state index in [4.69, 9.17) is 0 Å². The predicted molar refractivity (Wildman–Crippen MR) is 103 cm³/mol. The van der Waals surface area contributed by atoms with Crippen LogP contribution in [-0.2, 0) is 13.1 Å². The minimum atomic E-state index is -0.981. The van der Waals surface area contributed by atoms with Gasteiger partial charge in [-0.1, -0.05) is 49.2 Å². The summed E-state index contributed by atoms with van der Waals surface area (Å²) < 4.78 is 15.9. The molecule has 140 valence electrons. The van der Waals surface area contributed by atoms with Crippen LogP contribution in [0.1, 0.15) is 47.3 Å². The van der Waals surface area contributed by atoms with E-state index in [1.165, 1.54) is 18.9 Å². The molecule has 1 aliphatic carbocycles. The third kappa shape index (κ3) is 3.47. The molecule has 0 saturated heterocycles. The SMILES string of the molecule is O=C(O)c1c(CNC2CCCC2)c2ccccc2n1Cc1ccccc1F. The summed E-state index contributed by atoms with van der Waals surface area (Å²) in [5.74, 6) is -1.30. The van der Waals surface area contributed by atoms with Crippen molar-refractivity contribution in [1.29, 1.82) is 0 Å². The van der Waals surface area contributed by atoms with Gasteiger partial charge in [-0.25, -0.2) is 9.18 Å². The fourth-order valence-corrected chi connectivity index (χ4v) is 4.14. The first kappa shape index (κ1) is 17.7. The zero-order valence-electron chi connectivity index (χ0n) is 15.1. The zero-order valence-corrected chi connectivity index (χ0v) is 15.1. The Morgan fingerprint density at radius 3 is 2.56 bits per heavy atom. The average molecular weight is 366 g/mol. The van der Waals surface area contributed by atoms with Gasteiger partial charge in [0.25, 0.3) is 0 Å². The van der Waals surface area contributed by atoms with Crippen molar-refractivity contribution < 1.29 is 14.3 Å². The maximum absolute atomic E-state index is 14.2. The summed E-state index contributed by atoms with van der Waals surface area (Å²) in [7, 11) is 0. The van der Waals surface area contributed by atoms with Crippen LogP contribution in [0, 0.1) is 5.82 Å². The fourth-order valence-electron chi connectivity index (χ4n) is 4.14. The van der Waals surface area contributed by atoms with Crippen LogP contribution in [0.15, 0.2) is 48.5 Å². The van der Waals surface area contributed by atoms with E-state index in [1.54, 1.807) is 22.8 Å². The summed E-state index contributed by atoms with van der Waals surface area (Å²) in [5, 5.41) is 14.4. The molecule has 3 aromatic rings. The van der Waals surface area contributed by atoms with E-state index >= 15 is 0 Å². The van der Waals surface area contributed by atoms with Crippen molar-refractivity contribution in [3.05, 3.63) is 71.2 Å². The second-order valence-electron chi connectivity index (χ2n) is 7.19. The molecule has 4 rings (SSSR count). The van der Waals surface area contributed by atoms with Crippen molar-refractivity contribution in [1.82, 2.24) is 9.88 Å². The Bertz CT molecular complexity index is 974. The van der Waals surface area contributed by atoms with E-state index in [1.807, 2.05) is 24.3 Å². The molecule has 4 nitrogen and oxygen atoms in total. The lowest BCUT2D eigenvalue weighted by atomic mass is 10.1. The Morgan fingerprint density at radius 2 is 1.81 bits per heavy atom. The van der Waals surface area contributed by atoms with Crippen molar-refractivity contribution in [2.75, 3.05) is 0 Å². The van der Waals surface area contributed by atoms with Gasteiger partial charge in [-0.3, -0.25) is 0 Å². The number of benzene rings is 2. The predicted octanol–water partition coefficient (Wildman–Crippen LogP) is 4.56. The molecule has 0 unspecified atom stereocenters. The molecule has 5 heteroatoms. The van der Waals surface area contributed by atoms with E-state index in [9.17, 15) is 14.3 Å². The van der Waals surface area contributed by atoms with Crippen molar-refractivity contribution in [3.8, 4) is 0 Å². The molecular formula is C22H23FN2O2. The molecule has 1 fully saturated rings. The molecular weight excluding hydrogens is 343 g/mol. The third-order valence-electron chi connectivity index (χ3n) is 5.49. The molecule has 2 N–H and O–H groups in total. The van der Waals surface area contributed by atoms with Crippen LogP contribution in [0.2, 0.25) is 0 Å². The molecule has 0 spiro atoms.